The molecule has 0 aromatic carbocycles. The van der Waals surface area contributed by atoms with Crippen molar-refractivity contribution in [3.8, 4) is 0 Å². The third kappa shape index (κ3) is 3.41. The maximum atomic E-state index is 12.5. The third-order valence-corrected chi connectivity index (χ3v) is 6.49. The van der Waals surface area contributed by atoms with E-state index in [1.54, 1.807) is 18.3 Å². The Balaban J connectivity index is 1.32. The normalized spacial score (nSPS) is 22.7. The highest BCUT2D eigenvalue weighted by molar-refractivity contribution is 5.80. The first kappa shape index (κ1) is 17.3. The SMILES string of the molecule is O=C(Cn1ccccc1=O)N1CCC2(CC1)CC(=O)N(CC1CCC1)C2. The van der Waals surface area contributed by atoms with Crippen LogP contribution in [0.5, 0.6) is 0 Å². The van der Waals surface area contributed by atoms with Crippen LogP contribution < -0.4 is 5.56 Å². The Bertz CT molecular complexity index is 745. The fraction of sp³-hybridized carbons (Fsp3) is 0.650. The van der Waals surface area contributed by atoms with Crippen LogP contribution in [-0.2, 0) is 16.1 Å². The van der Waals surface area contributed by atoms with Crippen LogP contribution in [0.25, 0.3) is 0 Å². The van der Waals surface area contributed by atoms with Crippen LogP contribution in [0.2, 0.25) is 0 Å². The van der Waals surface area contributed by atoms with Gasteiger partial charge in [0.2, 0.25) is 11.8 Å². The molecule has 1 aliphatic carbocycles. The number of likely N-dealkylation sites (tertiary alicyclic amines) is 2. The predicted molar refractivity (Wildman–Crippen MR) is 97.5 cm³/mol. The lowest BCUT2D eigenvalue weighted by Gasteiger charge is -2.39. The molecule has 3 fully saturated rings. The molecule has 2 saturated heterocycles. The molecular formula is C20H27N3O3. The molecule has 2 amide bonds. The van der Waals surface area contributed by atoms with Crippen molar-refractivity contribution in [3.05, 3.63) is 34.7 Å². The molecular weight excluding hydrogens is 330 g/mol. The van der Waals surface area contributed by atoms with E-state index < -0.39 is 0 Å². The van der Waals surface area contributed by atoms with Crippen LogP contribution in [0.15, 0.2) is 29.2 Å². The number of hydrogen-bond acceptors (Lipinski definition) is 3. The summed E-state index contributed by atoms with van der Waals surface area (Å²) in [5.41, 5.74) is -0.0939. The second-order valence-corrected chi connectivity index (χ2v) is 8.30. The van der Waals surface area contributed by atoms with Gasteiger partial charge in [0.1, 0.15) is 6.54 Å². The number of amides is 2. The number of hydrogen-bond donors (Lipinski definition) is 0. The van der Waals surface area contributed by atoms with E-state index in [4.69, 9.17) is 0 Å². The van der Waals surface area contributed by atoms with Crippen molar-refractivity contribution in [3.63, 3.8) is 0 Å². The summed E-state index contributed by atoms with van der Waals surface area (Å²) in [5, 5.41) is 0. The van der Waals surface area contributed by atoms with Crippen LogP contribution in [0, 0.1) is 11.3 Å². The zero-order valence-electron chi connectivity index (χ0n) is 15.2. The molecule has 1 aromatic rings. The zero-order valence-corrected chi connectivity index (χ0v) is 15.2. The van der Waals surface area contributed by atoms with E-state index in [2.05, 4.69) is 4.90 Å². The topological polar surface area (TPSA) is 62.6 Å². The van der Waals surface area contributed by atoms with Gasteiger partial charge in [-0.3, -0.25) is 14.4 Å². The molecule has 1 saturated carbocycles. The molecule has 6 heteroatoms. The van der Waals surface area contributed by atoms with Gasteiger partial charge in [0, 0.05) is 50.3 Å². The van der Waals surface area contributed by atoms with Crippen molar-refractivity contribution in [2.75, 3.05) is 26.2 Å². The van der Waals surface area contributed by atoms with Crippen molar-refractivity contribution in [1.82, 2.24) is 14.4 Å². The minimum absolute atomic E-state index is 0.0104. The number of rotatable bonds is 4. The van der Waals surface area contributed by atoms with Gasteiger partial charge in [0.25, 0.3) is 5.56 Å². The Kier molecular flexibility index (Phi) is 4.59. The largest absolute Gasteiger partial charge is 0.342 e. The van der Waals surface area contributed by atoms with Crippen LogP contribution >= 0.6 is 0 Å². The van der Waals surface area contributed by atoms with Gasteiger partial charge >= 0.3 is 0 Å². The second-order valence-electron chi connectivity index (χ2n) is 8.30. The molecule has 1 aromatic heterocycles. The Labute approximate surface area is 153 Å². The lowest BCUT2D eigenvalue weighted by atomic mass is 9.77. The Morgan fingerprint density at radius 2 is 1.92 bits per heavy atom. The molecule has 4 rings (SSSR count). The van der Waals surface area contributed by atoms with Crippen LogP contribution in [0.4, 0.5) is 0 Å². The van der Waals surface area contributed by atoms with E-state index in [0.717, 1.165) is 25.9 Å². The number of nitrogens with zero attached hydrogens (tertiary/aromatic N) is 3. The number of carbonyl (C=O) groups is 2. The number of aromatic nitrogens is 1. The number of carbonyl (C=O) groups excluding carboxylic acids is 2. The first-order chi connectivity index (χ1) is 12.5. The second kappa shape index (κ2) is 6.89. The monoisotopic (exact) mass is 357 g/mol. The van der Waals surface area contributed by atoms with Gasteiger partial charge in [-0.2, -0.15) is 0 Å². The quantitative estimate of drug-likeness (QED) is 0.820. The average molecular weight is 357 g/mol. The minimum atomic E-state index is -0.151. The summed E-state index contributed by atoms with van der Waals surface area (Å²) in [7, 11) is 0. The van der Waals surface area contributed by atoms with E-state index in [1.165, 1.54) is 29.9 Å². The fourth-order valence-corrected chi connectivity index (χ4v) is 4.54. The van der Waals surface area contributed by atoms with Gasteiger partial charge in [-0.25, -0.2) is 0 Å². The molecule has 3 heterocycles. The summed E-state index contributed by atoms with van der Waals surface area (Å²) < 4.78 is 1.45. The molecule has 140 valence electrons. The molecule has 0 atom stereocenters. The average Bonchev–Trinajstić information content (AvgIpc) is 2.89. The summed E-state index contributed by atoms with van der Waals surface area (Å²) >= 11 is 0. The molecule has 0 N–H and O–H groups in total. The van der Waals surface area contributed by atoms with Gasteiger partial charge in [-0.1, -0.05) is 12.5 Å². The summed E-state index contributed by atoms with van der Waals surface area (Å²) in [6, 6.07) is 4.92. The van der Waals surface area contributed by atoms with Crippen molar-refractivity contribution in [1.29, 1.82) is 0 Å². The van der Waals surface area contributed by atoms with E-state index >= 15 is 0 Å². The lowest BCUT2D eigenvalue weighted by Crippen LogP contribution is -2.46. The standard InChI is InChI=1S/C20H27N3O3/c24-17-6-1-2-9-22(17)14-19(26)21-10-7-20(8-11-21)12-18(25)23(15-20)13-16-4-3-5-16/h1-2,6,9,16H,3-5,7-8,10-15H2. The van der Waals surface area contributed by atoms with E-state index in [0.29, 0.717) is 31.3 Å². The number of pyridine rings is 1. The molecule has 0 unspecified atom stereocenters. The minimum Gasteiger partial charge on any atom is -0.342 e. The molecule has 2 aliphatic heterocycles. The first-order valence-corrected chi connectivity index (χ1v) is 9.76. The highest BCUT2D eigenvalue weighted by Gasteiger charge is 2.45. The van der Waals surface area contributed by atoms with Crippen LogP contribution in [0.1, 0.15) is 38.5 Å². The van der Waals surface area contributed by atoms with E-state index in [9.17, 15) is 14.4 Å². The summed E-state index contributed by atoms with van der Waals surface area (Å²) in [5.74, 6) is 0.997. The molecule has 0 bridgehead atoms. The van der Waals surface area contributed by atoms with Crippen molar-refractivity contribution < 1.29 is 9.59 Å². The highest BCUT2D eigenvalue weighted by atomic mass is 16.2. The van der Waals surface area contributed by atoms with Crippen molar-refractivity contribution in [2.24, 2.45) is 11.3 Å². The van der Waals surface area contributed by atoms with Crippen LogP contribution in [0.3, 0.4) is 0 Å². The molecule has 1 spiro atoms. The lowest BCUT2D eigenvalue weighted by molar-refractivity contribution is -0.134. The first-order valence-electron chi connectivity index (χ1n) is 9.76. The summed E-state index contributed by atoms with van der Waals surface area (Å²) in [6.45, 7) is 3.26. The van der Waals surface area contributed by atoms with Gasteiger partial charge in [-0.05, 0) is 37.7 Å². The predicted octanol–water partition coefficient (Wildman–Crippen LogP) is 1.49. The summed E-state index contributed by atoms with van der Waals surface area (Å²) in [6.07, 6.45) is 7.89. The zero-order chi connectivity index (χ0) is 18.1. The molecule has 26 heavy (non-hydrogen) atoms. The van der Waals surface area contributed by atoms with E-state index in [1.807, 2.05) is 4.90 Å². The highest BCUT2D eigenvalue weighted by Crippen LogP contribution is 2.42. The summed E-state index contributed by atoms with van der Waals surface area (Å²) in [4.78, 5) is 40.7. The number of piperidine rings is 1. The van der Waals surface area contributed by atoms with Gasteiger partial charge < -0.3 is 14.4 Å². The molecule has 0 radical (unpaired) electrons. The Morgan fingerprint density at radius 3 is 2.58 bits per heavy atom. The third-order valence-electron chi connectivity index (χ3n) is 6.49. The van der Waals surface area contributed by atoms with E-state index in [-0.39, 0.29) is 23.4 Å². The van der Waals surface area contributed by atoms with Crippen LogP contribution in [-0.4, -0.2) is 52.4 Å². The molecule has 3 aliphatic rings. The molecule has 6 nitrogen and oxygen atoms in total. The Hall–Kier alpha value is -2.11. The van der Waals surface area contributed by atoms with Gasteiger partial charge in [-0.15, -0.1) is 0 Å². The smallest absolute Gasteiger partial charge is 0.250 e. The Morgan fingerprint density at radius 1 is 1.15 bits per heavy atom. The van der Waals surface area contributed by atoms with Crippen molar-refractivity contribution >= 4 is 11.8 Å². The van der Waals surface area contributed by atoms with Gasteiger partial charge in [0.05, 0.1) is 0 Å². The van der Waals surface area contributed by atoms with Crippen molar-refractivity contribution in [2.45, 2.75) is 45.1 Å². The van der Waals surface area contributed by atoms with Gasteiger partial charge in [0.15, 0.2) is 0 Å². The maximum absolute atomic E-state index is 12.5. The maximum Gasteiger partial charge on any atom is 0.250 e. The fourth-order valence-electron chi connectivity index (χ4n) is 4.54.